The van der Waals surface area contributed by atoms with Gasteiger partial charge in [-0.1, -0.05) is 5.11 Å². The highest BCUT2D eigenvalue weighted by Crippen LogP contribution is 2.26. The Labute approximate surface area is 88.0 Å². The second kappa shape index (κ2) is 4.41. The molecular formula is C7H3ClN4O3. The first kappa shape index (κ1) is 11.0. The molecule has 0 saturated heterocycles. The van der Waals surface area contributed by atoms with Crippen molar-refractivity contribution in [2.45, 2.75) is 0 Å². The average Bonchev–Trinajstić information content (AvgIpc) is 2.17. The standard InChI is InChI=1S/C7H3ClN4O3/c8-7(13)5-2-1-4(12(14)15)3-6(5)10-11-9/h1-3H. The quantitative estimate of drug-likeness (QED) is 0.197. The van der Waals surface area contributed by atoms with Crippen molar-refractivity contribution in [3.05, 3.63) is 44.3 Å². The van der Waals surface area contributed by atoms with Crippen LogP contribution in [-0.4, -0.2) is 10.2 Å². The lowest BCUT2D eigenvalue weighted by Gasteiger charge is -1.98. The molecule has 15 heavy (non-hydrogen) atoms. The highest BCUT2D eigenvalue weighted by atomic mass is 35.5. The van der Waals surface area contributed by atoms with Crippen molar-refractivity contribution in [2.75, 3.05) is 0 Å². The summed E-state index contributed by atoms with van der Waals surface area (Å²) in [5.74, 6) is 0. The third-order valence-corrected chi connectivity index (χ3v) is 1.76. The fourth-order valence-electron chi connectivity index (χ4n) is 0.931. The van der Waals surface area contributed by atoms with E-state index in [4.69, 9.17) is 17.1 Å². The van der Waals surface area contributed by atoms with Gasteiger partial charge in [-0.25, -0.2) is 0 Å². The molecule has 8 heteroatoms. The fourth-order valence-corrected chi connectivity index (χ4v) is 1.09. The van der Waals surface area contributed by atoms with E-state index in [1.165, 1.54) is 0 Å². The zero-order chi connectivity index (χ0) is 11.4. The van der Waals surface area contributed by atoms with Gasteiger partial charge in [-0.2, -0.15) is 0 Å². The van der Waals surface area contributed by atoms with Crippen LogP contribution in [0.5, 0.6) is 0 Å². The van der Waals surface area contributed by atoms with Crippen molar-refractivity contribution in [2.24, 2.45) is 5.11 Å². The molecule has 0 saturated carbocycles. The van der Waals surface area contributed by atoms with Gasteiger partial charge in [-0.05, 0) is 23.2 Å². The number of nitro groups is 1. The molecule has 0 radical (unpaired) electrons. The van der Waals surface area contributed by atoms with E-state index in [1.54, 1.807) is 0 Å². The number of rotatable bonds is 3. The Hall–Kier alpha value is -2.11. The lowest BCUT2D eigenvalue weighted by atomic mass is 10.2. The van der Waals surface area contributed by atoms with Gasteiger partial charge in [0.1, 0.15) is 0 Å². The maximum atomic E-state index is 10.8. The van der Waals surface area contributed by atoms with Gasteiger partial charge in [0.15, 0.2) is 0 Å². The molecule has 0 unspecified atom stereocenters. The molecule has 0 atom stereocenters. The summed E-state index contributed by atoms with van der Waals surface area (Å²) in [6, 6.07) is 3.22. The Morgan fingerprint density at radius 3 is 2.73 bits per heavy atom. The number of hydrogen-bond acceptors (Lipinski definition) is 4. The normalized spacial score (nSPS) is 9.13. The molecule has 0 amide bonds. The van der Waals surface area contributed by atoms with Crippen LogP contribution in [0.1, 0.15) is 10.4 Å². The number of nitro benzene ring substituents is 1. The maximum absolute atomic E-state index is 10.8. The number of carbonyl (C=O) groups excluding carboxylic acids is 1. The Morgan fingerprint density at radius 1 is 1.60 bits per heavy atom. The van der Waals surface area contributed by atoms with E-state index in [0.29, 0.717) is 0 Å². The van der Waals surface area contributed by atoms with Crippen molar-refractivity contribution in [3.63, 3.8) is 0 Å². The number of azide groups is 1. The van der Waals surface area contributed by atoms with Gasteiger partial charge in [-0.3, -0.25) is 14.9 Å². The van der Waals surface area contributed by atoms with Crippen molar-refractivity contribution in [1.82, 2.24) is 0 Å². The number of nitrogens with zero attached hydrogens (tertiary/aromatic N) is 4. The third-order valence-electron chi connectivity index (χ3n) is 1.56. The monoisotopic (exact) mass is 226 g/mol. The molecule has 0 N–H and O–H groups in total. The number of halogens is 1. The molecule has 0 heterocycles. The van der Waals surface area contributed by atoms with Crippen molar-refractivity contribution >= 4 is 28.2 Å². The first-order valence-corrected chi connectivity index (χ1v) is 3.97. The Balaban J connectivity index is 3.39. The molecule has 0 spiro atoms. The minimum Gasteiger partial charge on any atom is -0.276 e. The van der Waals surface area contributed by atoms with Crippen LogP contribution in [0, 0.1) is 10.1 Å². The van der Waals surface area contributed by atoms with Gasteiger partial charge in [0.2, 0.25) is 0 Å². The molecule has 76 valence electrons. The van der Waals surface area contributed by atoms with Crippen LogP contribution in [0.15, 0.2) is 23.3 Å². The lowest BCUT2D eigenvalue weighted by Crippen LogP contribution is -1.92. The van der Waals surface area contributed by atoms with E-state index in [-0.39, 0.29) is 16.9 Å². The smallest absolute Gasteiger partial charge is 0.269 e. The van der Waals surface area contributed by atoms with E-state index < -0.39 is 10.2 Å². The molecule has 0 aliphatic carbocycles. The van der Waals surface area contributed by atoms with Crippen LogP contribution < -0.4 is 0 Å². The lowest BCUT2D eigenvalue weighted by molar-refractivity contribution is -0.384. The third kappa shape index (κ3) is 2.43. The van der Waals surface area contributed by atoms with E-state index in [9.17, 15) is 14.9 Å². The number of carbonyl (C=O) groups is 1. The summed E-state index contributed by atoms with van der Waals surface area (Å²) in [5.41, 5.74) is 7.68. The number of benzene rings is 1. The average molecular weight is 227 g/mol. The molecular weight excluding hydrogens is 224 g/mol. The van der Waals surface area contributed by atoms with Gasteiger partial charge in [0.05, 0.1) is 10.6 Å². The topological polar surface area (TPSA) is 109 Å². The van der Waals surface area contributed by atoms with E-state index in [2.05, 4.69) is 10.0 Å². The summed E-state index contributed by atoms with van der Waals surface area (Å²) in [7, 11) is 0. The molecule has 1 rings (SSSR count). The van der Waals surface area contributed by atoms with Gasteiger partial charge in [-0.15, -0.1) is 0 Å². The van der Waals surface area contributed by atoms with Gasteiger partial charge < -0.3 is 0 Å². The minimum atomic E-state index is -0.840. The summed E-state index contributed by atoms with van der Waals surface area (Å²) >= 11 is 5.18. The molecule has 0 aliphatic rings. The van der Waals surface area contributed by atoms with E-state index >= 15 is 0 Å². The van der Waals surface area contributed by atoms with Crippen molar-refractivity contribution in [3.8, 4) is 0 Å². The summed E-state index contributed by atoms with van der Waals surface area (Å²) in [4.78, 5) is 23.0. The van der Waals surface area contributed by atoms with Gasteiger partial charge >= 0.3 is 0 Å². The highest BCUT2D eigenvalue weighted by molar-refractivity contribution is 6.68. The molecule has 1 aromatic rings. The summed E-state index contributed by atoms with van der Waals surface area (Å²) < 4.78 is 0. The largest absolute Gasteiger partial charge is 0.276 e. The molecule has 0 aliphatic heterocycles. The first-order chi connectivity index (χ1) is 7.06. The molecule has 7 nitrogen and oxygen atoms in total. The predicted octanol–water partition coefficient (Wildman–Crippen LogP) is 2.92. The highest BCUT2D eigenvalue weighted by Gasteiger charge is 2.13. The minimum absolute atomic E-state index is 0.0694. The van der Waals surface area contributed by atoms with E-state index in [0.717, 1.165) is 18.2 Å². The predicted molar refractivity (Wildman–Crippen MR) is 52.1 cm³/mol. The van der Waals surface area contributed by atoms with Gasteiger partial charge in [0.25, 0.3) is 10.9 Å². The zero-order valence-electron chi connectivity index (χ0n) is 7.12. The molecule has 1 aromatic carbocycles. The van der Waals surface area contributed by atoms with Crippen LogP contribution >= 0.6 is 11.6 Å². The summed E-state index contributed by atoms with van der Waals surface area (Å²) in [6.07, 6.45) is 0. The number of non-ortho nitro benzene ring substituents is 1. The Morgan fingerprint density at radius 2 is 2.27 bits per heavy atom. The molecule has 0 bridgehead atoms. The second-order valence-electron chi connectivity index (χ2n) is 2.42. The van der Waals surface area contributed by atoms with Crippen LogP contribution in [-0.2, 0) is 0 Å². The second-order valence-corrected chi connectivity index (χ2v) is 2.76. The molecule has 0 aromatic heterocycles. The van der Waals surface area contributed by atoms with E-state index in [1.807, 2.05) is 0 Å². The van der Waals surface area contributed by atoms with Crippen LogP contribution in [0.4, 0.5) is 11.4 Å². The van der Waals surface area contributed by atoms with Crippen LogP contribution in [0.2, 0.25) is 0 Å². The maximum Gasteiger partial charge on any atom is 0.269 e. The van der Waals surface area contributed by atoms with Crippen molar-refractivity contribution in [1.29, 1.82) is 0 Å². The molecule has 0 fully saturated rings. The first-order valence-electron chi connectivity index (χ1n) is 3.59. The Kier molecular flexibility index (Phi) is 3.22. The SMILES string of the molecule is [N-]=[N+]=Nc1cc([N+](=O)[O-])ccc1C(=O)Cl. The summed E-state index contributed by atoms with van der Waals surface area (Å²) in [6.45, 7) is 0. The zero-order valence-corrected chi connectivity index (χ0v) is 7.88. The van der Waals surface area contributed by atoms with Gasteiger partial charge in [0, 0.05) is 22.6 Å². The number of hydrogen-bond donors (Lipinski definition) is 0. The summed E-state index contributed by atoms with van der Waals surface area (Å²) in [5, 5.41) is 12.7. The van der Waals surface area contributed by atoms with Crippen LogP contribution in [0.25, 0.3) is 10.4 Å². The Bertz CT molecular complexity index is 481. The fraction of sp³-hybridized carbons (Fsp3) is 0. The van der Waals surface area contributed by atoms with Crippen LogP contribution in [0.3, 0.4) is 0 Å². The van der Waals surface area contributed by atoms with Crippen molar-refractivity contribution < 1.29 is 9.72 Å².